The van der Waals surface area contributed by atoms with E-state index in [1.807, 2.05) is 18.6 Å². The third-order valence-corrected chi connectivity index (χ3v) is 15.6. The summed E-state index contributed by atoms with van der Waals surface area (Å²) in [6.45, 7) is 26.4. The molecule has 0 radical (unpaired) electrons. The zero-order chi connectivity index (χ0) is 36.8. The molecule has 0 unspecified atom stereocenters. The average molecular weight is 736 g/mol. The van der Waals surface area contributed by atoms with Gasteiger partial charge in [-0.25, -0.2) is 15.0 Å². The van der Waals surface area contributed by atoms with Crippen molar-refractivity contribution < 1.29 is 0 Å². The minimum absolute atomic E-state index is 0.0550. The molecule has 264 valence electrons. The van der Waals surface area contributed by atoms with E-state index in [2.05, 4.69) is 116 Å². The van der Waals surface area contributed by atoms with E-state index in [0.29, 0.717) is 17.5 Å². The maximum atomic E-state index is 5.09. The Balaban J connectivity index is 1.35. The summed E-state index contributed by atoms with van der Waals surface area (Å²) in [5.41, 5.74) is 4.49. The molecule has 4 aromatic heterocycles. The molecule has 0 aromatic carbocycles. The van der Waals surface area contributed by atoms with Crippen LogP contribution in [0.25, 0.3) is 34.2 Å². The summed E-state index contributed by atoms with van der Waals surface area (Å²) in [7, 11) is 0. The molecule has 0 atom stereocenters. The van der Waals surface area contributed by atoms with Gasteiger partial charge in [-0.05, 0) is 101 Å². The molecule has 0 aliphatic carbocycles. The van der Waals surface area contributed by atoms with Crippen molar-refractivity contribution in [1.29, 1.82) is 0 Å². The first-order valence-electron chi connectivity index (χ1n) is 17.2. The molecule has 12 heteroatoms. The normalized spacial score (nSPS) is 22.0. The molecule has 0 N–H and O–H groups in total. The highest BCUT2D eigenvalue weighted by atomic mass is 32.2. The summed E-state index contributed by atoms with van der Waals surface area (Å²) in [4.78, 5) is 44.3. The highest BCUT2D eigenvalue weighted by Gasteiger charge is 2.46. The van der Waals surface area contributed by atoms with Crippen LogP contribution in [-0.2, 0) is 0 Å². The maximum absolute atomic E-state index is 5.09. The summed E-state index contributed by atoms with van der Waals surface area (Å²) in [5, 5.41) is 2.89. The first kappa shape index (κ1) is 35.9. The van der Waals surface area contributed by atoms with Crippen LogP contribution in [0.4, 0.5) is 0 Å². The SMILES string of the molecule is CC1(C)N=C(c2cncc(-c3nc(-c4cncc(C5=NC(C)(C)C(C)(C)S5)c4)nc(-c4cncc(C5=NC(C)(C)C(C)(C)S5)c4)n3)c2)SC1(C)C. The molecule has 3 aliphatic heterocycles. The number of rotatable bonds is 6. The molecule has 7 heterocycles. The van der Waals surface area contributed by atoms with Gasteiger partial charge >= 0.3 is 0 Å². The lowest BCUT2D eigenvalue weighted by Crippen LogP contribution is -2.36. The molecule has 3 aliphatic rings. The van der Waals surface area contributed by atoms with Crippen molar-refractivity contribution in [1.82, 2.24) is 29.9 Å². The molecule has 9 nitrogen and oxygen atoms in total. The monoisotopic (exact) mass is 735 g/mol. The first-order chi connectivity index (χ1) is 23.7. The standard InChI is InChI=1S/C39H45N9S3/c1-34(2)37(7,8)49-31(46-34)25-13-22(16-40-19-25)28-43-29(23-14-26(20-41-17-23)32-47-35(3,4)38(9,10)50-32)45-30(44-28)24-15-27(21-42-18-24)33-48-36(5,6)39(11,12)51-33/h13-21H,1-12H3. The fourth-order valence-electron chi connectivity index (χ4n) is 5.50. The molecule has 0 bridgehead atoms. The van der Waals surface area contributed by atoms with Gasteiger partial charge in [-0.2, -0.15) is 0 Å². The van der Waals surface area contributed by atoms with Gasteiger partial charge in [-0.3, -0.25) is 29.9 Å². The van der Waals surface area contributed by atoms with Crippen molar-refractivity contribution in [2.24, 2.45) is 15.0 Å². The van der Waals surface area contributed by atoms with Crippen molar-refractivity contribution in [2.75, 3.05) is 0 Å². The van der Waals surface area contributed by atoms with Crippen LogP contribution < -0.4 is 0 Å². The average Bonchev–Trinajstić information content (AvgIpc) is 3.54. The van der Waals surface area contributed by atoms with Gasteiger partial charge in [-0.1, -0.05) is 35.3 Å². The van der Waals surface area contributed by atoms with Crippen molar-refractivity contribution in [3.63, 3.8) is 0 Å². The predicted octanol–water partition coefficient (Wildman–Crippen LogP) is 9.21. The molecule has 7 rings (SSSR count). The third kappa shape index (κ3) is 6.45. The summed E-state index contributed by atoms with van der Waals surface area (Å²) in [6.07, 6.45) is 11.0. The molecule has 0 saturated heterocycles. The van der Waals surface area contributed by atoms with E-state index in [4.69, 9.17) is 29.9 Å². The lowest BCUT2D eigenvalue weighted by molar-refractivity contribution is 0.426. The van der Waals surface area contributed by atoms with Gasteiger partial charge in [0.1, 0.15) is 15.1 Å². The zero-order valence-electron chi connectivity index (χ0n) is 31.4. The molecule has 0 amide bonds. The van der Waals surface area contributed by atoms with Crippen LogP contribution in [-0.4, -0.2) is 75.9 Å². The van der Waals surface area contributed by atoms with Gasteiger partial charge in [0.15, 0.2) is 17.5 Å². The number of nitrogens with zero attached hydrogens (tertiary/aromatic N) is 9. The largest absolute Gasteiger partial charge is 0.270 e. The smallest absolute Gasteiger partial charge is 0.165 e. The van der Waals surface area contributed by atoms with E-state index in [1.165, 1.54) is 0 Å². The van der Waals surface area contributed by atoms with Gasteiger partial charge in [0.2, 0.25) is 0 Å². The second kappa shape index (κ2) is 12.0. The Morgan fingerprint density at radius 1 is 0.353 bits per heavy atom. The second-order valence-electron chi connectivity index (χ2n) is 16.5. The number of aliphatic imine (C=N–C) groups is 3. The minimum atomic E-state index is -0.217. The fourth-order valence-corrected chi connectivity index (χ4v) is 9.35. The summed E-state index contributed by atoms with van der Waals surface area (Å²) >= 11 is 5.32. The van der Waals surface area contributed by atoms with Gasteiger partial charge in [0.25, 0.3) is 0 Å². The highest BCUT2D eigenvalue weighted by molar-refractivity contribution is 8.16. The zero-order valence-corrected chi connectivity index (χ0v) is 33.9. The van der Waals surface area contributed by atoms with Gasteiger partial charge in [0, 0.05) is 84.8 Å². The minimum Gasteiger partial charge on any atom is -0.270 e. The Morgan fingerprint density at radius 2 is 0.588 bits per heavy atom. The molecule has 51 heavy (non-hydrogen) atoms. The van der Waals surface area contributed by atoms with E-state index in [9.17, 15) is 0 Å². The Hall–Kier alpha value is -3.48. The lowest BCUT2D eigenvalue weighted by atomic mass is 9.91. The molecule has 0 spiro atoms. The van der Waals surface area contributed by atoms with Crippen LogP contribution in [0.3, 0.4) is 0 Å². The lowest BCUT2D eigenvalue weighted by Gasteiger charge is -2.30. The van der Waals surface area contributed by atoms with E-state index in [1.54, 1.807) is 53.9 Å². The summed E-state index contributed by atoms with van der Waals surface area (Å²) in [6, 6.07) is 6.22. The number of aromatic nitrogens is 6. The van der Waals surface area contributed by atoms with Crippen LogP contribution in [0.15, 0.2) is 70.4 Å². The van der Waals surface area contributed by atoms with Crippen LogP contribution in [0, 0.1) is 0 Å². The van der Waals surface area contributed by atoms with E-state index in [0.717, 1.165) is 48.5 Å². The van der Waals surface area contributed by atoms with Crippen LogP contribution in [0.2, 0.25) is 0 Å². The Labute approximate surface area is 314 Å². The molecule has 4 aromatic rings. The van der Waals surface area contributed by atoms with E-state index < -0.39 is 0 Å². The van der Waals surface area contributed by atoms with E-state index in [-0.39, 0.29) is 30.9 Å². The highest BCUT2D eigenvalue weighted by Crippen LogP contribution is 2.48. The van der Waals surface area contributed by atoms with Crippen LogP contribution in [0.1, 0.15) is 99.8 Å². The van der Waals surface area contributed by atoms with Gasteiger partial charge in [-0.15, -0.1) is 0 Å². The number of hydrogen-bond acceptors (Lipinski definition) is 12. The van der Waals surface area contributed by atoms with Crippen molar-refractivity contribution in [3.05, 3.63) is 72.1 Å². The van der Waals surface area contributed by atoms with Crippen LogP contribution >= 0.6 is 35.3 Å². The Bertz CT molecular complexity index is 1910. The topological polar surface area (TPSA) is 114 Å². The molecule has 0 saturated carbocycles. The van der Waals surface area contributed by atoms with Crippen molar-refractivity contribution >= 4 is 50.4 Å². The fraction of sp³-hybridized carbons (Fsp3) is 0.462. The molecule has 0 fully saturated rings. The molecular weight excluding hydrogens is 691 g/mol. The maximum Gasteiger partial charge on any atom is 0.165 e. The van der Waals surface area contributed by atoms with Crippen LogP contribution in [0.5, 0.6) is 0 Å². The number of pyridine rings is 3. The van der Waals surface area contributed by atoms with Gasteiger partial charge < -0.3 is 0 Å². The number of hydrogen-bond donors (Lipinski definition) is 0. The predicted molar refractivity (Wildman–Crippen MR) is 216 cm³/mol. The van der Waals surface area contributed by atoms with Gasteiger partial charge in [0.05, 0.1) is 16.6 Å². The Kier molecular flexibility index (Phi) is 8.47. The second-order valence-corrected chi connectivity index (χ2v) is 21.3. The third-order valence-electron chi connectivity index (χ3n) is 11.0. The summed E-state index contributed by atoms with van der Waals surface area (Å²) < 4.78 is -0.165. The summed E-state index contributed by atoms with van der Waals surface area (Å²) in [5.74, 6) is 1.52. The Morgan fingerprint density at radius 3 is 0.804 bits per heavy atom. The van der Waals surface area contributed by atoms with E-state index >= 15 is 0 Å². The quantitative estimate of drug-likeness (QED) is 0.191. The first-order valence-corrected chi connectivity index (χ1v) is 19.6. The van der Waals surface area contributed by atoms with Crippen molar-refractivity contribution in [3.8, 4) is 34.2 Å². The number of thioether (sulfide) groups is 3. The van der Waals surface area contributed by atoms with Crippen molar-refractivity contribution in [2.45, 2.75) is 114 Å². The molecular formula is C39H45N9S3.